The van der Waals surface area contributed by atoms with E-state index in [0.717, 1.165) is 28.9 Å². The van der Waals surface area contributed by atoms with Crippen LogP contribution < -0.4 is 5.32 Å². The van der Waals surface area contributed by atoms with E-state index < -0.39 is 0 Å². The summed E-state index contributed by atoms with van der Waals surface area (Å²) >= 11 is 3.53. The molecular formula is C15H21BrN4. The number of nitrogens with zero attached hydrogens (tertiary/aromatic N) is 3. The zero-order valence-corrected chi connectivity index (χ0v) is 14.0. The van der Waals surface area contributed by atoms with Crippen LogP contribution in [-0.2, 0) is 6.54 Å². The summed E-state index contributed by atoms with van der Waals surface area (Å²) in [6, 6.07) is 4.21. The van der Waals surface area contributed by atoms with Crippen LogP contribution in [0.3, 0.4) is 0 Å². The fourth-order valence-corrected chi connectivity index (χ4v) is 2.98. The Hall–Kier alpha value is -1.20. The van der Waals surface area contributed by atoms with Gasteiger partial charge in [-0.2, -0.15) is 0 Å². The van der Waals surface area contributed by atoms with Gasteiger partial charge in [-0.25, -0.2) is 4.68 Å². The first-order valence-electron chi connectivity index (χ1n) is 6.86. The first-order valence-corrected chi connectivity index (χ1v) is 7.65. The fraction of sp³-hybridized carbons (Fsp3) is 0.467. The van der Waals surface area contributed by atoms with Crippen molar-refractivity contribution in [2.75, 3.05) is 6.54 Å². The molecule has 1 heterocycles. The highest BCUT2D eigenvalue weighted by Crippen LogP contribution is 2.24. The minimum absolute atomic E-state index is 0.635. The van der Waals surface area contributed by atoms with Gasteiger partial charge in [0.25, 0.3) is 0 Å². The number of aromatic nitrogens is 3. The Morgan fingerprint density at radius 2 is 1.90 bits per heavy atom. The van der Waals surface area contributed by atoms with Gasteiger partial charge >= 0.3 is 0 Å². The highest BCUT2D eigenvalue weighted by Gasteiger charge is 2.12. The molecule has 0 unspecified atom stereocenters. The van der Waals surface area contributed by atoms with E-state index in [1.165, 1.54) is 11.1 Å². The highest BCUT2D eigenvalue weighted by atomic mass is 79.9. The molecule has 0 saturated carbocycles. The minimum Gasteiger partial charge on any atom is -0.311 e. The van der Waals surface area contributed by atoms with Crippen molar-refractivity contribution >= 4 is 15.9 Å². The van der Waals surface area contributed by atoms with Crippen LogP contribution in [0.15, 0.2) is 22.8 Å². The van der Waals surface area contributed by atoms with Crippen molar-refractivity contribution in [1.82, 2.24) is 20.3 Å². The van der Waals surface area contributed by atoms with Crippen molar-refractivity contribution in [2.45, 2.75) is 34.2 Å². The third-order valence-electron chi connectivity index (χ3n) is 3.15. The van der Waals surface area contributed by atoms with Crippen LogP contribution in [0.1, 0.15) is 30.7 Å². The topological polar surface area (TPSA) is 42.7 Å². The van der Waals surface area contributed by atoms with E-state index in [2.05, 4.69) is 71.4 Å². The van der Waals surface area contributed by atoms with E-state index >= 15 is 0 Å². The Labute approximate surface area is 128 Å². The number of hydrogen-bond donors (Lipinski definition) is 1. The molecule has 5 heteroatoms. The fourth-order valence-electron chi connectivity index (χ4n) is 2.29. The summed E-state index contributed by atoms with van der Waals surface area (Å²) in [5.74, 6) is 0.635. The van der Waals surface area contributed by atoms with Gasteiger partial charge in [0, 0.05) is 11.0 Å². The van der Waals surface area contributed by atoms with E-state index in [9.17, 15) is 0 Å². The molecule has 0 amide bonds. The number of benzene rings is 1. The summed E-state index contributed by atoms with van der Waals surface area (Å²) in [5.41, 5.74) is 4.58. The second-order valence-electron chi connectivity index (χ2n) is 5.55. The molecular weight excluding hydrogens is 316 g/mol. The maximum atomic E-state index is 4.25. The number of rotatable bonds is 5. The van der Waals surface area contributed by atoms with Gasteiger partial charge in [-0.05, 0) is 49.6 Å². The first-order chi connectivity index (χ1) is 9.49. The lowest BCUT2D eigenvalue weighted by atomic mass is 10.1. The van der Waals surface area contributed by atoms with Crippen molar-refractivity contribution in [2.24, 2.45) is 5.92 Å². The van der Waals surface area contributed by atoms with Crippen LogP contribution in [0.2, 0.25) is 0 Å². The van der Waals surface area contributed by atoms with Crippen LogP contribution in [0, 0.1) is 19.8 Å². The lowest BCUT2D eigenvalue weighted by molar-refractivity contribution is 0.542. The Morgan fingerprint density at radius 3 is 2.50 bits per heavy atom. The molecule has 4 nitrogen and oxygen atoms in total. The van der Waals surface area contributed by atoms with Crippen molar-refractivity contribution in [3.05, 3.63) is 39.6 Å². The molecule has 0 radical (unpaired) electrons. The second kappa shape index (κ2) is 6.50. The van der Waals surface area contributed by atoms with Crippen LogP contribution >= 0.6 is 15.9 Å². The largest absolute Gasteiger partial charge is 0.311 e. The minimum atomic E-state index is 0.635. The Balaban J connectivity index is 2.28. The summed E-state index contributed by atoms with van der Waals surface area (Å²) < 4.78 is 3.03. The van der Waals surface area contributed by atoms with E-state index in [1.54, 1.807) is 0 Å². The number of hydrogen-bond acceptors (Lipinski definition) is 3. The van der Waals surface area contributed by atoms with Crippen molar-refractivity contribution < 1.29 is 0 Å². The molecule has 108 valence electrons. The molecule has 20 heavy (non-hydrogen) atoms. The average molecular weight is 337 g/mol. The SMILES string of the molecule is Cc1cc(Br)cc(C)c1-n1nncc1CNCC(C)C. The Morgan fingerprint density at radius 1 is 1.25 bits per heavy atom. The maximum absolute atomic E-state index is 4.25. The van der Waals surface area contributed by atoms with E-state index in [1.807, 2.05) is 10.9 Å². The summed E-state index contributed by atoms with van der Waals surface area (Å²) in [5, 5.41) is 11.7. The smallest absolute Gasteiger partial charge is 0.0783 e. The molecule has 0 bridgehead atoms. The molecule has 1 aromatic heterocycles. The van der Waals surface area contributed by atoms with Gasteiger partial charge in [-0.3, -0.25) is 0 Å². The van der Waals surface area contributed by atoms with Crippen LogP contribution in [0.25, 0.3) is 5.69 Å². The van der Waals surface area contributed by atoms with Crippen LogP contribution in [0.5, 0.6) is 0 Å². The molecule has 0 spiro atoms. The molecule has 1 aromatic carbocycles. The number of halogens is 1. The van der Waals surface area contributed by atoms with E-state index in [-0.39, 0.29) is 0 Å². The van der Waals surface area contributed by atoms with Crippen LogP contribution in [0.4, 0.5) is 0 Å². The Kier molecular flexibility index (Phi) is 4.94. The molecule has 1 N–H and O–H groups in total. The molecule has 0 aliphatic heterocycles. The van der Waals surface area contributed by atoms with Crippen molar-refractivity contribution in [3.8, 4) is 5.69 Å². The predicted molar refractivity (Wildman–Crippen MR) is 85.1 cm³/mol. The summed E-state index contributed by atoms with van der Waals surface area (Å²) in [4.78, 5) is 0. The van der Waals surface area contributed by atoms with Gasteiger partial charge in [-0.15, -0.1) is 5.10 Å². The van der Waals surface area contributed by atoms with Gasteiger partial charge < -0.3 is 5.32 Å². The van der Waals surface area contributed by atoms with Crippen LogP contribution in [-0.4, -0.2) is 21.5 Å². The van der Waals surface area contributed by atoms with Gasteiger partial charge in [0.15, 0.2) is 0 Å². The van der Waals surface area contributed by atoms with Gasteiger partial charge in [0.05, 0.1) is 17.6 Å². The predicted octanol–water partition coefficient (Wildman–Crippen LogP) is 3.39. The second-order valence-corrected chi connectivity index (χ2v) is 6.47. The van der Waals surface area contributed by atoms with E-state index in [4.69, 9.17) is 0 Å². The standard InChI is InChI=1S/C15H21BrN4/c1-10(2)7-17-8-14-9-18-19-20(14)15-11(3)5-13(16)6-12(15)4/h5-6,9-10,17H,7-8H2,1-4H3. The highest BCUT2D eigenvalue weighted by molar-refractivity contribution is 9.10. The molecule has 0 fully saturated rings. The summed E-state index contributed by atoms with van der Waals surface area (Å²) in [6.07, 6.45) is 1.83. The molecule has 2 aromatic rings. The third kappa shape index (κ3) is 3.46. The molecule has 0 aliphatic rings. The average Bonchev–Trinajstić information content (AvgIpc) is 2.75. The van der Waals surface area contributed by atoms with Crippen molar-refractivity contribution in [3.63, 3.8) is 0 Å². The molecule has 0 atom stereocenters. The third-order valence-corrected chi connectivity index (χ3v) is 3.60. The quantitative estimate of drug-likeness (QED) is 0.909. The zero-order chi connectivity index (χ0) is 14.7. The molecule has 2 rings (SSSR count). The zero-order valence-electron chi connectivity index (χ0n) is 12.4. The maximum Gasteiger partial charge on any atom is 0.0783 e. The Bertz CT molecular complexity index is 566. The van der Waals surface area contributed by atoms with Gasteiger partial charge in [-0.1, -0.05) is 35.0 Å². The summed E-state index contributed by atoms with van der Waals surface area (Å²) in [7, 11) is 0. The van der Waals surface area contributed by atoms with Crippen molar-refractivity contribution in [1.29, 1.82) is 0 Å². The lowest BCUT2D eigenvalue weighted by Crippen LogP contribution is -2.21. The molecule has 0 aliphatic carbocycles. The monoisotopic (exact) mass is 336 g/mol. The number of aryl methyl sites for hydroxylation is 2. The van der Waals surface area contributed by atoms with E-state index in [0.29, 0.717) is 5.92 Å². The number of nitrogens with one attached hydrogen (secondary N) is 1. The normalized spacial score (nSPS) is 11.3. The lowest BCUT2D eigenvalue weighted by Gasteiger charge is -2.14. The first kappa shape index (κ1) is 15.2. The molecule has 0 saturated heterocycles. The van der Waals surface area contributed by atoms with Gasteiger partial charge in [0.1, 0.15) is 0 Å². The van der Waals surface area contributed by atoms with Gasteiger partial charge in [0.2, 0.25) is 0 Å². The summed E-state index contributed by atoms with van der Waals surface area (Å²) in [6.45, 7) is 10.4.